The number of hydrazone groups is 1. The van der Waals surface area contributed by atoms with Gasteiger partial charge in [0.15, 0.2) is 5.17 Å². The number of thioether (sulfide) groups is 1. The van der Waals surface area contributed by atoms with Gasteiger partial charge in [-0.15, -0.1) is 0 Å². The molecule has 0 fully saturated rings. The maximum absolute atomic E-state index is 12.8. The fraction of sp³-hybridized carbons (Fsp3) is 0.241. The largest absolute Gasteiger partial charge is 0.326 e. The standard InChI is InChI=1S/C29H28N4O2S/c1-18-9-12-21(13-10-18)24-16-25(22-7-5-4-6-8-22)33(32-24)29-31-28(35)26(36-29)17-27(34)30-23-14-11-19(2)15-20(23)3/h4-15,25-26H,16-17H2,1-3H3,(H,30,34)/t25-,26-/m1/s1. The average Bonchev–Trinajstić information content (AvgIpc) is 3.46. The van der Waals surface area contributed by atoms with Gasteiger partial charge in [-0.2, -0.15) is 10.1 Å². The monoisotopic (exact) mass is 496 g/mol. The maximum Gasteiger partial charge on any atom is 0.262 e. The molecule has 0 aliphatic carbocycles. The van der Waals surface area contributed by atoms with Crippen molar-refractivity contribution in [1.29, 1.82) is 0 Å². The third kappa shape index (κ3) is 5.11. The number of nitrogens with one attached hydrogen (secondary N) is 1. The normalized spacial score (nSPS) is 19.3. The number of hydrogen-bond acceptors (Lipinski definition) is 5. The molecule has 0 unspecified atom stereocenters. The first-order chi connectivity index (χ1) is 17.4. The van der Waals surface area contributed by atoms with Crippen molar-refractivity contribution < 1.29 is 9.59 Å². The Morgan fingerprint density at radius 1 is 1.00 bits per heavy atom. The van der Waals surface area contributed by atoms with E-state index < -0.39 is 5.25 Å². The summed E-state index contributed by atoms with van der Waals surface area (Å²) in [6.07, 6.45) is 0.765. The summed E-state index contributed by atoms with van der Waals surface area (Å²) in [5, 5.41) is 9.68. The predicted octanol–water partition coefficient (Wildman–Crippen LogP) is 5.79. The van der Waals surface area contributed by atoms with E-state index in [4.69, 9.17) is 5.10 Å². The molecule has 0 bridgehead atoms. The first-order valence-corrected chi connectivity index (χ1v) is 12.9. The third-order valence-corrected chi connectivity index (χ3v) is 7.57. The Balaban J connectivity index is 1.34. The molecule has 0 spiro atoms. The smallest absolute Gasteiger partial charge is 0.262 e. The second-order valence-electron chi connectivity index (χ2n) is 9.30. The van der Waals surface area contributed by atoms with Gasteiger partial charge in [-0.25, -0.2) is 5.01 Å². The molecule has 0 saturated carbocycles. The second-order valence-corrected chi connectivity index (χ2v) is 10.5. The van der Waals surface area contributed by atoms with Crippen LogP contribution in [-0.2, 0) is 9.59 Å². The fourth-order valence-corrected chi connectivity index (χ4v) is 5.53. The lowest BCUT2D eigenvalue weighted by atomic mass is 9.98. The highest BCUT2D eigenvalue weighted by molar-refractivity contribution is 8.15. The van der Waals surface area contributed by atoms with Crippen LogP contribution >= 0.6 is 11.8 Å². The summed E-state index contributed by atoms with van der Waals surface area (Å²) in [6, 6.07) is 24.3. The number of carbonyl (C=O) groups excluding carboxylic acids is 2. The Kier molecular flexibility index (Phi) is 6.74. The van der Waals surface area contributed by atoms with Crippen molar-refractivity contribution in [2.24, 2.45) is 10.1 Å². The summed E-state index contributed by atoms with van der Waals surface area (Å²) < 4.78 is 0. The summed E-state index contributed by atoms with van der Waals surface area (Å²) >= 11 is 1.32. The Morgan fingerprint density at radius 2 is 1.72 bits per heavy atom. The lowest BCUT2D eigenvalue weighted by Gasteiger charge is -2.23. The van der Waals surface area contributed by atoms with E-state index in [0.717, 1.165) is 33.7 Å². The Bertz CT molecular complexity index is 1370. The number of aryl methyl sites for hydroxylation is 3. The van der Waals surface area contributed by atoms with Crippen LogP contribution in [0, 0.1) is 20.8 Å². The minimum atomic E-state index is -0.569. The summed E-state index contributed by atoms with van der Waals surface area (Å²) in [5.41, 5.74) is 7.20. The van der Waals surface area contributed by atoms with Crippen LogP contribution in [0.1, 0.15) is 46.7 Å². The Hall–Kier alpha value is -3.71. The second kappa shape index (κ2) is 10.1. The highest BCUT2D eigenvalue weighted by Gasteiger charge is 2.39. The van der Waals surface area contributed by atoms with E-state index in [0.29, 0.717) is 11.6 Å². The molecule has 2 amide bonds. The quantitative estimate of drug-likeness (QED) is 0.485. The molecule has 2 aliphatic heterocycles. The fourth-order valence-electron chi connectivity index (χ4n) is 4.47. The van der Waals surface area contributed by atoms with Crippen LogP contribution in [0.4, 0.5) is 5.69 Å². The molecule has 3 aromatic carbocycles. The number of rotatable bonds is 5. The molecule has 6 nitrogen and oxygen atoms in total. The van der Waals surface area contributed by atoms with E-state index in [-0.39, 0.29) is 24.3 Å². The van der Waals surface area contributed by atoms with Crippen LogP contribution in [-0.4, -0.2) is 33.0 Å². The summed E-state index contributed by atoms with van der Waals surface area (Å²) in [7, 11) is 0. The maximum atomic E-state index is 12.8. The van der Waals surface area contributed by atoms with E-state index in [2.05, 4.69) is 53.6 Å². The summed E-state index contributed by atoms with van der Waals surface area (Å²) in [6.45, 7) is 6.03. The summed E-state index contributed by atoms with van der Waals surface area (Å²) in [5.74, 6) is -0.495. The van der Waals surface area contributed by atoms with Gasteiger partial charge in [0.1, 0.15) is 5.25 Å². The van der Waals surface area contributed by atoms with Crippen molar-refractivity contribution in [1.82, 2.24) is 5.01 Å². The zero-order valence-electron chi connectivity index (χ0n) is 20.6. The molecule has 3 aromatic rings. The molecule has 1 N–H and O–H groups in total. The first kappa shape index (κ1) is 24.0. The van der Waals surface area contributed by atoms with Crippen LogP contribution in [0.3, 0.4) is 0 Å². The van der Waals surface area contributed by atoms with Gasteiger partial charge in [-0.3, -0.25) is 9.59 Å². The lowest BCUT2D eigenvalue weighted by molar-refractivity contribution is -0.121. The van der Waals surface area contributed by atoms with Crippen LogP contribution < -0.4 is 5.32 Å². The molecule has 5 rings (SSSR count). The molecule has 0 aromatic heterocycles. The van der Waals surface area contributed by atoms with E-state index >= 15 is 0 Å². The Morgan fingerprint density at radius 3 is 2.44 bits per heavy atom. The highest BCUT2D eigenvalue weighted by Crippen LogP contribution is 2.38. The molecule has 36 heavy (non-hydrogen) atoms. The molecule has 0 radical (unpaired) electrons. The van der Waals surface area contributed by atoms with Gasteiger partial charge in [-0.1, -0.05) is 89.6 Å². The predicted molar refractivity (Wildman–Crippen MR) is 146 cm³/mol. The SMILES string of the molecule is Cc1ccc(C2=NN(C3=NC(=O)[C@@H](CC(=O)Nc4ccc(C)cc4C)S3)[C@@H](c3ccccc3)C2)cc1. The zero-order valence-corrected chi connectivity index (χ0v) is 21.4. The third-order valence-electron chi connectivity index (χ3n) is 6.43. The zero-order chi connectivity index (χ0) is 25.2. The molecule has 182 valence electrons. The highest BCUT2D eigenvalue weighted by atomic mass is 32.2. The number of amidine groups is 1. The first-order valence-electron chi connectivity index (χ1n) is 12.0. The topological polar surface area (TPSA) is 74.1 Å². The van der Waals surface area contributed by atoms with Crippen molar-refractivity contribution in [3.05, 3.63) is 101 Å². The number of nitrogens with zero attached hydrogens (tertiary/aromatic N) is 3. The van der Waals surface area contributed by atoms with Crippen molar-refractivity contribution in [3.8, 4) is 0 Å². The summed E-state index contributed by atoms with van der Waals surface area (Å²) in [4.78, 5) is 29.9. The number of benzene rings is 3. The van der Waals surface area contributed by atoms with Gasteiger partial charge in [0.05, 0.1) is 11.8 Å². The van der Waals surface area contributed by atoms with E-state index in [1.807, 2.05) is 55.3 Å². The van der Waals surface area contributed by atoms with Gasteiger partial charge in [0.25, 0.3) is 5.91 Å². The minimum absolute atomic E-state index is 0.0577. The van der Waals surface area contributed by atoms with Gasteiger partial charge in [0, 0.05) is 18.5 Å². The van der Waals surface area contributed by atoms with Crippen molar-refractivity contribution in [2.75, 3.05) is 5.32 Å². The van der Waals surface area contributed by atoms with Crippen LogP contribution in [0.5, 0.6) is 0 Å². The number of aliphatic imine (C=N–C) groups is 1. The van der Waals surface area contributed by atoms with E-state index in [1.165, 1.54) is 17.3 Å². The molecular formula is C29H28N4O2S. The van der Waals surface area contributed by atoms with Crippen LogP contribution in [0.2, 0.25) is 0 Å². The number of carbonyl (C=O) groups is 2. The van der Waals surface area contributed by atoms with Gasteiger partial charge < -0.3 is 5.32 Å². The molecule has 2 atom stereocenters. The van der Waals surface area contributed by atoms with Crippen LogP contribution in [0.25, 0.3) is 0 Å². The number of anilines is 1. The average molecular weight is 497 g/mol. The number of hydrogen-bond donors (Lipinski definition) is 1. The molecule has 0 saturated heterocycles. The van der Waals surface area contributed by atoms with Crippen LogP contribution in [0.15, 0.2) is 82.9 Å². The Labute approximate surface area is 215 Å². The minimum Gasteiger partial charge on any atom is -0.326 e. The lowest BCUT2D eigenvalue weighted by Crippen LogP contribution is -2.25. The van der Waals surface area contributed by atoms with Crippen molar-refractivity contribution in [2.45, 2.75) is 44.9 Å². The van der Waals surface area contributed by atoms with Crippen molar-refractivity contribution >= 4 is 40.1 Å². The van der Waals surface area contributed by atoms with Gasteiger partial charge in [-0.05, 0) is 43.5 Å². The van der Waals surface area contributed by atoms with Gasteiger partial charge in [0.2, 0.25) is 5.91 Å². The van der Waals surface area contributed by atoms with E-state index in [9.17, 15) is 9.59 Å². The van der Waals surface area contributed by atoms with E-state index in [1.54, 1.807) is 0 Å². The molecule has 2 aliphatic rings. The van der Waals surface area contributed by atoms with Crippen molar-refractivity contribution in [3.63, 3.8) is 0 Å². The molecule has 2 heterocycles. The number of amides is 2. The molecular weight excluding hydrogens is 468 g/mol. The van der Waals surface area contributed by atoms with Gasteiger partial charge >= 0.3 is 0 Å². The molecule has 7 heteroatoms.